The Hall–Kier alpha value is 0.280. The van der Waals surface area contributed by atoms with Crippen LogP contribution in [-0.2, 0) is 9.47 Å². The molecule has 0 saturated carbocycles. The number of aliphatic hydroxyl groups excluding tert-OH is 3. The van der Waals surface area contributed by atoms with Crippen LogP contribution < -0.4 is 0 Å². The minimum Gasteiger partial charge on any atom is -0.394 e. The Morgan fingerprint density at radius 3 is 2.46 bits per heavy atom. The molecule has 0 aliphatic carbocycles. The Kier molecular flexibility index (Phi) is 4.08. The van der Waals surface area contributed by atoms with Gasteiger partial charge in [0.15, 0.2) is 6.29 Å². The van der Waals surface area contributed by atoms with Crippen LogP contribution in [0.2, 0.25) is 0 Å². The predicted octanol–water partition coefficient (Wildman–Crippen LogP) is -1.16. The maximum atomic E-state index is 9.48. The molecule has 3 N–H and O–H groups in total. The van der Waals surface area contributed by atoms with Gasteiger partial charge < -0.3 is 24.8 Å². The summed E-state index contributed by atoms with van der Waals surface area (Å²) in [6.45, 7) is -0.349. The molecule has 0 aromatic heterocycles. The Morgan fingerprint density at radius 2 is 2.00 bits per heavy atom. The van der Waals surface area contributed by atoms with Crippen LogP contribution in [0.15, 0.2) is 0 Å². The van der Waals surface area contributed by atoms with Gasteiger partial charge >= 0.3 is 0 Å². The van der Waals surface area contributed by atoms with Crippen LogP contribution in [0, 0.1) is 0 Å². The van der Waals surface area contributed by atoms with Crippen molar-refractivity contribution in [1.29, 1.82) is 0 Å². The lowest BCUT2D eigenvalue weighted by Crippen LogP contribution is -2.56. The van der Waals surface area contributed by atoms with E-state index in [1.54, 1.807) is 0 Å². The van der Waals surface area contributed by atoms with E-state index in [4.69, 9.17) is 14.6 Å². The van der Waals surface area contributed by atoms with Crippen molar-refractivity contribution in [2.24, 2.45) is 0 Å². The van der Waals surface area contributed by atoms with Crippen molar-refractivity contribution in [3.8, 4) is 0 Å². The molecule has 0 unspecified atom stereocenters. The van der Waals surface area contributed by atoms with E-state index in [0.29, 0.717) is 0 Å². The summed E-state index contributed by atoms with van der Waals surface area (Å²) in [4.78, 5) is -0.490. The Morgan fingerprint density at radius 1 is 1.38 bits per heavy atom. The minimum atomic E-state index is -1.10. The van der Waals surface area contributed by atoms with Crippen molar-refractivity contribution in [2.75, 3.05) is 13.7 Å². The van der Waals surface area contributed by atoms with Crippen molar-refractivity contribution < 1.29 is 24.8 Å². The van der Waals surface area contributed by atoms with E-state index in [-0.39, 0.29) is 6.61 Å². The van der Waals surface area contributed by atoms with Crippen LogP contribution in [-0.4, -0.2) is 58.5 Å². The van der Waals surface area contributed by atoms with E-state index >= 15 is 0 Å². The first kappa shape index (κ1) is 11.4. The van der Waals surface area contributed by atoms with Crippen molar-refractivity contribution in [3.63, 3.8) is 0 Å². The van der Waals surface area contributed by atoms with E-state index in [1.165, 1.54) is 7.11 Å². The molecular weight excluding hydrogens is 244 g/mol. The SMILES string of the molecule is CO[C@H]1O[C@@H](CO)[C@@H](O)[C@@H](O)[C@@H]1Br. The fraction of sp³-hybridized carbons (Fsp3) is 1.00. The number of alkyl halides is 1. The number of ether oxygens (including phenoxy) is 2. The van der Waals surface area contributed by atoms with E-state index in [1.807, 2.05) is 0 Å². The summed E-state index contributed by atoms with van der Waals surface area (Å²) >= 11 is 3.14. The number of rotatable bonds is 2. The second-order valence-electron chi connectivity index (χ2n) is 2.89. The zero-order chi connectivity index (χ0) is 10.0. The monoisotopic (exact) mass is 256 g/mol. The highest BCUT2D eigenvalue weighted by atomic mass is 79.9. The third-order valence-electron chi connectivity index (χ3n) is 2.04. The molecule has 1 heterocycles. The Labute approximate surface area is 84.4 Å². The fourth-order valence-electron chi connectivity index (χ4n) is 1.23. The molecule has 1 saturated heterocycles. The van der Waals surface area contributed by atoms with Gasteiger partial charge in [0, 0.05) is 7.11 Å². The smallest absolute Gasteiger partial charge is 0.172 e. The maximum absolute atomic E-state index is 9.48. The number of halogens is 1. The molecule has 0 radical (unpaired) electrons. The average molecular weight is 257 g/mol. The summed E-state index contributed by atoms with van der Waals surface area (Å²) in [7, 11) is 1.43. The van der Waals surface area contributed by atoms with Crippen LogP contribution in [0.5, 0.6) is 0 Å². The van der Waals surface area contributed by atoms with E-state index in [2.05, 4.69) is 15.9 Å². The van der Waals surface area contributed by atoms with Gasteiger partial charge in [-0.2, -0.15) is 0 Å². The summed E-state index contributed by atoms with van der Waals surface area (Å²) in [6, 6.07) is 0. The molecule has 1 rings (SSSR count). The van der Waals surface area contributed by atoms with Crippen LogP contribution in [0.4, 0.5) is 0 Å². The molecule has 0 amide bonds. The van der Waals surface area contributed by atoms with Crippen molar-refractivity contribution in [1.82, 2.24) is 0 Å². The highest BCUT2D eigenvalue weighted by Gasteiger charge is 2.43. The quantitative estimate of drug-likeness (QED) is 0.543. The normalized spacial score (nSPS) is 46.4. The zero-order valence-electron chi connectivity index (χ0n) is 7.13. The van der Waals surface area contributed by atoms with Crippen LogP contribution in [0.3, 0.4) is 0 Å². The molecular formula is C7H13BrO5. The Balaban J connectivity index is 2.66. The van der Waals surface area contributed by atoms with E-state index in [9.17, 15) is 10.2 Å². The van der Waals surface area contributed by atoms with Gasteiger partial charge in [-0.25, -0.2) is 0 Å². The van der Waals surface area contributed by atoms with Gasteiger partial charge in [0.1, 0.15) is 12.2 Å². The van der Waals surface area contributed by atoms with Gasteiger partial charge in [-0.15, -0.1) is 0 Å². The van der Waals surface area contributed by atoms with Crippen LogP contribution >= 0.6 is 15.9 Å². The second kappa shape index (κ2) is 4.68. The Bertz CT molecular complexity index is 147. The maximum Gasteiger partial charge on any atom is 0.172 e. The lowest BCUT2D eigenvalue weighted by Gasteiger charge is -2.39. The highest BCUT2D eigenvalue weighted by Crippen LogP contribution is 2.26. The number of hydrogen-bond donors (Lipinski definition) is 3. The standard InChI is InChI=1S/C7H13BrO5/c1-12-7-4(8)6(11)5(10)3(2-9)13-7/h3-7,9-11H,2H2,1H3/t3-,4-,5+,6-,7-/m0/s1. The summed E-state index contributed by atoms with van der Waals surface area (Å²) in [6.07, 6.45) is -3.55. The molecule has 13 heavy (non-hydrogen) atoms. The van der Waals surface area contributed by atoms with Crippen LogP contribution in [0.1, 0.15) is 0 Å². The van der Waals surface area contributed by atoms with Gasteiger partial charge in [-0.3, -0.25) is 0 Å². The van der Waals surface area contributed by atoms with E-state index < -0.39 is 29.4 Å². The molecule has 1 aliphatic rings. The topological polar surface area (TPSA) is 79.2 Å². The third-order valence-corrected chi connectivity index (χ3v) is 3.01. The predicted molar refractivity (Wildman–Crippen MR) is 47.5 cm³/mol. The molecule has 78 valence electrons. The van der Waals surface area contributed by atoms with Crippen molar-refractivity contribution >= 4 is 15.9 Å². The first-order valence-electron chi connectivity index (χ1n) is 3.91. The lowest BCUT2D eigenvalue weighted by molar-refractivity contribution is -0.243. The number of methoxy groups -OCH3 is 1. The molecule has 0 aromatic rings. The molecule has 1 aliphatic heterocycles. The van der Waals surface area contributed by atoms with Gasteiger partial charge in [0.05, 0.1) is 17.5 Å². The molecule has 5 atom stereocenters. The number of hydrogen-bond acceptors (Lipinski definition) is 5. The first-order chi connectivity index (χ1) is 6.11. The van der Waals surface area contributed by atoms with Gasteiger partial charge in [0.25, 0.3) is 0 Å². The molecule has 0 bridgehead atoms. The largest absolute Gasteiger partial charge is 0.394 e. The molecule has 0 aromatic carbocycles. The van der Waals surface area contributed by atoms with Crippen molar-refractivity contribution in [2.45, 2.75) is 29.4 Å². The molecule has 5 nitrogen and oxygen atoms in total. The zero-order valence-corrected chi connectivity index (χ0v) is 8.72. The third kappa shape index (κ3) is 2.20. The molecule has 6 heteroatoms. The van der Waals surface area contributed by atoms with Gasteiger partial charge in [0.2, 0.25) is 0 Å². The minimum absolute atomic E-state index is 0.349. The summed E-state index contributed by atoms with van der Waals surface area (Å²) in [5.74, 6) is 0. The highest BCUT2D eigenvalue weighted by molar-refractivity contribution is 9.09. The van der Waals surface area contributed by atoms with Crippen molar-refractivity contribution in [3.05, 3.63) is 0 Å². The summed E-state index contributed by atoms with van der Waals surface area (Å²) in [5.41, 5.74) is 0. The lowest BCUT2D eigenvalue weighted by atomic mass is 10.0. The summed E-state index contributed by atoms with van der Waals surface area (Å²) in [5, 5.41) is 27.7. The van der Waals surface area contributed by atoms with E-state index in [0.717, 1.165) is 0 Å². The van der Waals surface area contributed by atoms with Gasteiger partial charge in [-0.1, -0.05) is 15.9 Å². The van der Waals surface area contributed by atoms with Crippen LogP contribution in [0.25, 0.3) is 0 Å². The molecule has 0 spiro atoms. The fourth-order valence-corrected chi connectivity index (χ4v) is 1.89. The average Bonchev–Trinajstić information content (AvgIpc) is 2.15. The second-order valence-corrected chi connectivity index (χ2v) is 3.94. The molecule has 1 fully saturated rings. The van der Waals surface area contributed by atoms with Gasteiger partial charge in [-0.05, 0) is 0 Å². The summed E-state index contributed by atoms with van der Waals surface area (Å²) < 4.78 is 10.1. The number of aliphatic hydroxyl groups is 3. The first-order valence-corrected chi connectivity index (χ1v) is 4.82.